The topological polar surface area (TPSA) is 70.8 Å². The Hall–Kier alpha value is -3.72. The fraction of sp³-hybridized carbons (Fsp3) is 0.261. The number of fused-ring (bicyclic) bond motifs is 1. The van der Waals surface area contributed by atoms with Gasteiger partial charge in [0.25, 0.3) is 0 Å². The fourth-order valence-electron chi connectivity index (χ4n) is 3.71. The van der Waals surface area contributed by atoms with Gasteiger partial charge in [0.1, 0.15) is 17.5 Å². The Bertz CT molecular complexity index is 1200. The maximum atomic E-state index is 13.2. The zero-order valence-electron chi connectivity index (χ0n) is 17.8. The molecule has 0 bridgehead atoms. The first kappa shape index (κ1) is 20.2. The Kier molecular flexibility index (Phi) is 5.55. The number of benzene rings is 1. The van der Waals surface area contributed by atoms with E-state index in [0.29, 0.717) is 19.8 Å². The number of halogens is 1. The number of pyridine rings is 1. The number of imidazole rings is 1. The molecule has 32 heavy (non-hydrogen) atoms. The number of nitrogens with zero attached hydrogens (tertiary/aromatic N) is 6. The van der Waals surface area contributed by atoms with Gasteiger partial charge in [0.2, 0.25) is 0 Å². The Morgan fingerprint density at radius 2 is 1.88 bits per heavy atom. The van der Waals surface area contributed by atoms with Gasteiger partial charge in [-0.2, -0.15) is 4.52 Å². The zero-order valence-corrected chi connectivity index (χ0v) is 17.8. The maximum Gasteiger partial charge on any atom is 0.156 e. The molecule has 1 aromatic carbocycles. The largest absolute Gasteiger partial charge is 0.378 e. The van der Waals surface area contributed by atoms with Gasteiger partial charge < -0.3 is 19.9 Å². The zero-order chi connectivity index (χ0) is 21.9. The van der Waals surface area contributed by atoms with Crippen LogP contribution in [0, 0.1) is 5.82 Å². The van der Waals surface area contributed by atoms with Crippen LogP contribution in [0.5, 0.6) is 0 Å². The number of ether oxygens (including phenoxy) is 1. The van der Waals surface area contributed by atoms with Crippen molar-refractivity contribution in [2.24, 2.45) is 0 Å². The van der Waals surface area contributed by atoms with E-state index < -0.39 is 0 Å². The summed E-state index contributed by atoms with van der Waals surface area (Å²) in [6.45, 7) is 3.70. The predicted molar refractivity (Wildman–Crippen MR) is 122 cm³/mol. The molecule has 9 heteroatoms. The number of nitrogens with one attached hydrogen (secondary N) is 1. The fourth-order valence-corrected chi connectivity index (χ4v) is 3.71. The molecule has 3 aromatic heterocycles. The van der Waals surface area contributed by atoms with Gasteiger partial charge in [-0.1, -0.05) is 12.1 Å². The molecule has 1 saturated heterocycles. The third kappa shape index (κ3) is 4.33. The molecule has 1 aliphatic rings. The molecule has 0 atom stereocenters. The molecule has 164 valence electrons. The summed E-state index contributed by atoms with van der Waals surface area (Å²) >= 11 is 0. The van der Waals surface area contributed by atoms with Crippen molar-refractivity contribution in [1.82, 2.24) is 19.6 Å². The normalized spacial score (nSPS) is 14.0. The van der Waals surface area contributed by atoms with Gasteiger partial charge in [0, 0.05) is 44.6 Å². The Balaban J connectivity index is 1.36. The SMILES string of the molecule is CN(Cc1ccc(F)cc1)c1ccc2ncc(Nc3ccnc(N4CCOCC4)c3)n2n1. The molecule has 0 spiro atoms. The van der Waals surface area contributed by atoms with Crippen LogP contribution in [0.25, 0.3) is 5.65 Å². The van der Waals surface area contributed by atoms with Crippen molar-refractivity contribution in [3.63, 3.8) is 0 Å². The average Bonchev–Trinajstić information content (AvgIpc) is 3.23. The van der Waals surface area contributed by atoms with Crippen LogP contribution in [0.3, 0.4) is 0 Å². The quantitative estimate of drug-likeness (QED) is 0.499. The molecule has 8 nitrogen and oxygen atoms in total. The van der Waals surface area contributed by atoms with E-state index in [2.05, 4.69) is 20.2 Å². The second-order valence-electron chi connectivity index (χ2n) is 7.71. The lowest BCUT2D eigenvalue weighted by Gasteiger charge is -2.28. The third-order valence-electron chi connectivity index (χ3n) is 5.43. The summed E-state index contributed by atoms with van der Waals surface area (Å²) < 4.78 is 20.4. The summed E-state index contributed by atoms with van der Waals surface area (Å²) in [7, 11) is 1.96. The molecule has 0 aliphatic carbocycles. The molecular weight excluding hydrogens is 409 g/mol. The van der Waals surface area contributed by atoms with Crippen LogP contribution in [0.4, 0.5) is 27.5 Å². The minimum absolute atomic E-state index is 0.238. The number of morpholine rings is 1. The minimum atomic E-state index is -0.238. The Morgan fingerprint density at radius 1 is 1.06 bits per heavy atom. The molecule has 0 saturated carbocycles. The number of hydrogen-bond donors (Lipinski definition) is 1. The number of rotatable bonds is 6. The highest BCUT2D eigenvalue weighted by atomic mass is 19.1. The second-order valence-corrected chi connectivity index (χ2v) is 7.71. The van der Waals surface area contributed by atoms with E-state index in [1.807, 2.05) is 36.2 Å². The molecular formula is C23H24FN7O. The van der Waals surface area contributed by atoms with Crippen molar-refractivity contribution in [3.8, 4) is 0 Å². The van der Waals surface area contributed by atoms with E-state index in [1.54, 1.807) is 29.0 Å². The highest BCUT2D eigenvalue weighted by Crippen LogP contribution is 2.23. The van der Waals surface area contributed by atoms with Crippen LogP contribution in [0.1, 0.15) is 5.56 Å². The summed E-state index contributed by atoms with van der Waals surface area (Å²) in [5.74, 6) is 2.22. The molecule has 1 N–H and O–H groups in total. The first-order valence-corrected chi connectivity index (χ1v) is 10.5. The van der Waals surface area contributed by atoms with Crippen LogP contribution >= 0.6 is 0 Å². The van der Waals surface area contributed by atoms with E-state index in [-0.39, 0.29) is 5.82 Å². The van der Waals surface area contributed by atoms with Crippen LogP contribution in [0.15, 0.2) is 60.9 Å². The molecule has 0 amide bonds. The van der Waals surface area contributed by atoms with Crippen LogP contribution < -0.4 is 15.1 Å². The van der Waals surface area contributed by atoms with Gasteiger partial charge in [0.15, 0.2) is 11.5 Å². The van der Waals surface area contributed by atoms with Crippen molar-refractivity contribution < 1.29 is 9.13 Å². The van der Waals surface area contributed by atoms with Gasteiger partial charge in [-0.05, 0) is 35.9 Å². The molecule has 4 heterocycles. The highest BCUT2D eigenvalue weighted by Gasteiger charge is 2.14. The van der Waals surface area contributed by atoms with E-state index in [1.165, 1.54) is 12.1 Å². The summed E-state index contributed by atoms with van der Waals surface area (Å²) in [5, 5.41) is 8.17. The van der Waals surface area contributed by atoms with Gasteiger partial charge in [-0.3, -0.25) is 0 Å². The van der Waals surface area contributed by atoms with Crippen molar-refractivity contribution in [3.05, 3.63) is 72.3 Å². The predicted octanol–water partition coefficient (Wildman–Crippen LogP) is 3.48. The third-order valence-corrected chi connectivity index (χ3v) is 5.43. The van der Waals surface area contributed by atoms with Crippen LogP contribution in [-0.4, -0.2) is 52.9 Å². The molecule has 4 aromatic rings. The number of aromatic nitrogens is 4. The van der Waals surface area contributed by atoms with Gasteiger partial charge in [-0.25, -0.2) is 14.4 Å². The van der Waals surface area contributed by atoms with E-state index in [9.17, 15) is 4.39 Å². The van der Waals surface area contributed by atoms with Gasteiger partial charge in [0.05, 0.1) is 19.4 Å². The van der Waals surface area contributed by atoms with Crippen LogP contribution in [-0.2, 0) is 11.3 Å². The molecule has 0 radical (unpaired) electrons. The number of hydrogen-bond acceptors (Lipinski definition) is 7. The lowest BCUT2D eigenvalue weighted by molar-refractivity contribution is 0.122. The van der Waals surface area contributed by atoms with E-state index >= 15 is 0 Å². The first-order chi connectivity index (χ1) is 15.7. The lowest BCUT2D eigenvalue weighted by Crippen LogP contribution is -2.36. The van der Waals surface area contributed by atoms with Crippen molar-refractivity contribution in [1.29, 1.82) is 0 Å². The standard InChI is InChI=1S/C23H24FN7O/c1-29(16-17-2-4-18(24)5-3-17)21-7-6-20-26-15-23(31(20)28-21)27-19-8-9-25-22(14-19)30-10-12-32-13-11-30/h2-9,14-15H,10-13,16H2,1H3,(H,25,27). The lowest BCUT2D eigenvalue weighted by atomic mass is 10.2. The smallest absolute Gasteiger partial charge is 0.156 e. The summed E-state index contributed by atoms with van der Waals surface area (Å²) in [6.07, 6.45) is 3.56. The van der Waals surface area contributed by atoms with Crippen LogP contribution in [0.2, 0.25) is 0 Å². The monoisotopic (exact) mass is 433 g/mol. The summed E-state index contributed by atoms with van der Waals surface area (Å²) in [4.78, 5) is 13.2. The van der Waals surface area contributed by atoms with Crippen molar-refractivity contribution >= 4 is 28.8 Å². The highest BCUT2D eigenvalue weighted by molar-refractivity contribution is 5.63. The number of anilines is 4. The second kappa shape index (κ2) is 8.80. The molecule has 1 aliphatic heterocycles. The minimum Gasteiger partial charge on any atom is -0.378 e. The molecule has 5 rings (SSSR count). The summed E-state index contributed by atoms with van der Waals surface area (Å²) in [6, 6.07) is 14.3. The van der Waals surface area contributed by atoms with Crippen molar-refractivity contribution in [2.75, 3.05) is 48.5 Å². The Morgan fingerprint density at radius 3 is 2.69 bits per heavy atom. The Labute approximate surface area is 185 Å². The maximum absolute atomic E-state index is 13.2. The van der Waals surface area contributed by atoms with Crippen molar-refractivity contribution in [2.45, 2.75) is 6.54 Å². The molecule has 0 unspecified atom stereocenters. The first-order valence-electron chi connectivity index (χ1n) is 10.5. The molecule has 1 fully saturated rings. The van der Waals surface area contributed by atoms with E-state index in [0.717, 1.165) is 47.4 Å². The summed E-state index contributed by atoms with van der Waals surface area (Å²) in [5.41, 5.74) is 2.66. The van der Waals surface area contributed by atoms with Gasteiger partial charge >= 0.3 is 0 Å². The van der Waals surface area contributed by atoms with E-state index in [4.69, 9.17) is 9.84 Å². The van der Waals surface area contributed by atoms with Gasteiger partial charge in [-0.15, -0.1) is 5.10 Å². The average molecular weight is 433 g/mol.